The Morgan fingerprint density at radius 3 is 2.90 bits per heavy atom. The van der Waals surface area contributed by atoms with Crippen LogP contribution in [0.1, 0.15) is 17.5 Å². The van der Waals surface area contributed by atoms with Gasteiger partial charge in [0.25, 0.3) is 0 Å². The molecule has 1 atom stereocenters. The van der Waals surface area contributed by atoms with Gasteiger partial charge in [0, 0.05) is 42.3 Å². The molecule has 0 unspecified atom stereocenters. The van der Waals surface area contributed by atoms with Crippen LogP contribution in [0.5, 0.6) is 5.75 Å². The number of aromatic amines is 1. The number of H-pyrrole nitrogens is 1. The fourth-order valence-corrected chi connectivity index (χ4v) is 3.94. The number of fused-ring (bicyclic) bond motifs is 1. The maximum atomic E-state index is 12.6. The number of carbonyl (C=O) groups is 2. The number of anilines is 1. The lowest BCUT2D eigenvalue weighted by molar-refractivity contribution is -0.126. The molecule has 29 heavy (non-hydrogen) atoms. The molecule has 150 valence electrons. The number of benzene rings is 2. The van der Waals surface area contributed by atoms with Crippen LogP contribution in [0.25, 0.3) is 10.9 Å². The lowest BCUT2D eigenvalue weighted by atomic mass is 10.1. The summed E-state index contributed by atoms with van der Waals surface area (Å²) in [6.07, 6.45) is 2.93. The topological polar surface area (TPSA) is 74.4 Å². The summed E-state index contributed by atoms with van der Waals surface area (Å²) < 4.78 is 5.30. The largest absolute Gasteiger partial charge is 0.497 e. The van der Waals surface area contributed by atoms with Gasteiger partial charge < -0.3 is 19.9 Å². The van der Waals surface area contributed by atoms with E-state index < -0.39 is 0 Å². The van der Waals surface area contributed by atoms with E-state index in [1.54, 1.807) is 12.0 Å². The van der Waals surface area contributed by atoms with Crippen molar-refractivity contribution in [1.29, 1.82) is 0 Å². The van der Waals surface area contributed by atoms with Gasteiger partial charge in [0.1, 0.15) is 5.75 Å². The van der Waals surface area contributed by atoms with E-state index in [-0.39, 0.29) is 24.2 Å². The summed E-state index contributed by atoms with van der Waals surface area (Å²) in [5.41, 5.74) is 4.10. The van der Waals surface area contributed by atoms with Gasteiger partial charge in [0.05, 0.1) is 13.0 Å². The monoisotopic (exact) mass is 391 g/mol. The van der Waals surface area contributed by atoms with Crippen molar-refractivity contribution in [2.45, 2.75) is 19.8 Å². The Hall–Kier alpha value is -3.28. The van der Waals surface area contributed by atoms with Gasteiger partial charge in [-0.25, -0.2) is 0 Å². The Morgan fingerprint density at radius 2 is 2.10 bits per heavy atom. The second-order valence-corrected chi connectivity index (χ2v) is 7.46. The number of aryl methyl sites for hydroxylation is 1. The molecule has 2 N–H and O–H groups in total. The molecule has 0 radical (unpaired) electrons. The molecular formula is C23H25N3O3. The van der Waals surface area contributed by atoms with Crippen LogP contribution < -0.4 is 15.0 Å². The van der Waals surface area contributed by atoms with Crippen molar-refractivity contribution < 1.29 is 14.3 Å². The number of methoxy groups -OCH3 is 1. The maximum Gasteiger partial charge on any atom is 0.227 e. The first-order valence-corrected chi connectivity index (χ1v) is 9.84. The van der Waals surface area contributed by atoms with Gasteiger partial charge >= 0.3 is 0 Å². The molecule has 3 aromatic rings. The van der Waals surface area contributed by atoms with Crippen LogP contribution in [0, 0.1) is 12.8 Å². The Morgan fingerprint density at radius 1 is 1.28 bits per heavy atom. The Kier molecular flexibility index (Phi) is 5.25. The van der Waals surface area contributed by atoms with E-state index in [4.69, 9.17) is 4.74 Å². The summed E-state index contributed by atoms with van der Waals surface area (Å²) in [6.45, 7) is 2.93. The van der Waals surface area contributed by atoms with Crippen LogP contribution in [0.4, 0.5) is 5.69 Å². The number of rotatable bonds is 6. The van der Waals surface area contributed by atoms with E-state index in [1.807, 2.05) is 55.6 Å². The number of aromatic nitrogens is 1. The number of carbonyl (C=O) groups excluding carboxylic acids is 2. The molecule has 1 aliphatic rings. The highest BCUT2D eigenvalue weighted by Crippen LogP contribution is 2.28. The van der Waals surface area contributed by atoms with Gasteiger partial charge in [-0.05, 0) is 48.7 Å². The van der Waals surface area contributed by atoms with Crippen LogP contribution in [0.15, 0.2) is 48.7 Å². The zero-order valence-electron chi connectivity index (χ0n) is 16.7. The van der Waals surface area contributed by atoms with Gasteiger partial charge in [0.2, 0.25) is 11.8 Å². The second kappa shape index (κ2) is 7.99. The average molecular weight is 391 g/mol. The van der Waals surface area contributed by atoms with E-state index in [2.05, 4.69) is 10.3 Å². The van der Waals surface area contributed by atoms with E-state index in [0.717, 1.165) is 33.5 Å². The minimum Gasteiger partial charge on any atom is -0.497 e. The molecule has 0 bridgehead atoms. The lowest BCUT2D eigenvalue weighted by Crippen LogP contribution is -2.34. The van der Waals surface area contributed by atoms with Crippen LogP contribution in [0.3, 0.4) is 0 Å². The summed E-state index contributed by atoms with van der Waals surface area (Å²) >= 11 is 0. The molecule has 1 saturated heterocycles. The number of nitrogens with one attached hydrogen (secondary N) is 2. The van der Waals surface area contributed by atoms with Crippen molar-refractivity contribution in [2.75, 3.05) is 25.1 Å². The zero-order valence-corrected chi connectivity index (χ0v) is 16.7. The first-order valence-electron chi connectivity index (χ1n) is 9.84. The maximum absolute atomic E-state index is 12.6. The summed E-state index contributed by atoms with van der Waals surface area (Å²) in [5, 5.41) is 4.10. The molecule has 0 saturated carbocycles. The summed E-state index contributed by atoms with van der Waals surface area (Å²) in [5.74, 6) is 0.434. The summed E-state index contributed by atoms with van der Waals surface area (Å²) in [4.78, 5) is 30.0. The second-order valence-electron chi connectivity index (χ2n) is 7.46. The van der Waals surface area contributed by atoms with E-state index >= 15 is 0 Å². The van der Waals surface area contributed by atoms with E-state index in [1.165, 1.54) is 0 Å². The van der Waals surface area contributed by atoms with Crippen molar-refractivity contribution in [1.82, 2.24) is 10.3 Å². The highest BCUT2D eigenvalue weighted by Gasteiger charge is 2.35. The highest BCUT2D eigenvalue weighted by molar-refractivity contribution is 6.00. The quantitative estimate of drug-likeness (QED) is 0.678. The van der Waals surface area contributed by atoms with Crippen LogP contribution >= 0.6 is 0 Å². The first kappa shape index (κ1) is 19.1. The van der Waals surface area contributed by atoms with E-state index in [0.29, 0.717) is 19.5 Å². The highest BCUT2D eigenvalue weighted by atomic mass is 16.5. The molecule has 1 aliphatic heterocycles. The molecule has 0 aliphatic carbocycles. The average Bonchev–Trinajstić information content (AvgIpc) is 3.31. The molecule has 1 aromatic heterocycles. The molecule has 4 rings (SSSR count). The Bertz CT molecular complexity index is 1060. The number of para-hydroxylation sites is 1. The number of hydrogen-bond acceptors (Lipinski definition) is 3. The smallest absolute Gasteiger partial charge is 0.227 e. The van der Waals surface area contributed by atoms with Gasteiger partial charge in [-0.3, -0.25) is 9.59 Å². The number of amides is 2. The number of ether oxygens (including phenoxy) is 1. The van der Waals surface area contributed by atoms with Crippen molar-refractivity contribution in [3.05, 3.63) is 59.8 Å². The molecule has 2 amide bonds. The molecule has 0 spiro atoms. The van der Waals surface area contributed by atoms with Gasteiger partial charge in [-0.15, -0.1) is 0 Å². The normalized spacial score (nSPS) is 16.4. The van der Waals surface area contributed by atoms with Gasteiger partial charge in [-0.2, -0.15) is 0 Å². The van der Waals surface area contributed by atoms with Crippen LogP contribution in [-0.2, 0) is 16.0 Å². The lowest BCUT2D eigenvalue weighted by Gasteiger charge is -2.19. The third-order valence-corrected chi connectivity index (χ3v) is 5.57. The molecule has 1 fully saturated rings. The van der Waals surface area contributed by atoms with Gasteiger partial charge in [0.15, 0.2) is 0 Å². The standard InChI is InChI=1S/C23H25N3O3/c1-15-5-3-4-6-21(15)26-14-17(11-22(26)27)23(28)24-10-9-16-13-25-20-8-7-18(29-2)12-19(16)20/h3-8,12-13,17,25H,9-11,14H2,1-2H3,(H,24,28)/t17-/m1/s1. The van der Waals surface area contributed by atoms with Gasteiger partial charge in [-0.1, -0.05) is 18.2 Å². The number of hydrogen-bond donors (Lipinski definition) is 2. The zero-order chi connectivity index (χ0) is 20.4. The minimum atomic E-state index is -0.315. The summed E-state index contributed by atoms with van der Waals surface area (Å²) in [7, 11) is 1.65. The van der Waals surface area contributed by atoms with Crippen LogP contribution in [-0.4, -0.2) is 37.0 Å². The number of nitrogens with zero attached hydrogens (tertiary/aromatic N) is 1. The van der Waals surface area contributed by atoms with E-state index in [9.17, 15) is 9.59 Å². The van der Waals surface area contributed by atoms with Crippen molar-refractivity contribution in [2.24, 2.45) is 5.92 Å². The molecule has 6 nitrogen and oxygen atoms in total. The fraction of sp³-hybridized carbons (Fsp3) is 0.304. The third kappa shape index (κ3) is 3.83. The van der Waals surface area contributed by atoms with Crippen LogP contribution in [0.2, 0.25) is 0 Å². The SMILES string of the molecule is COc1ccc2[nH]cc(CCNC(=O)[C@@H]3CC(=O)N(c4ccccc4C)C3)c2c1. The van der Waals surface area contributed by atoms with Crippen molar-refractivity contribution in [3.63, 3.8) is 0 Å². The fourth-order valence-electron chi connectivity index (χ4n) is 3.94. The Labute approximate surface area is 169 Å². The minimum absolute atomic E-state index is 0.00294. The predicted octanol–water partition coefficient (Wildman–Crippen LogP) is 3.20. The predicted molar refractivity (Wildman–Crippen MR) is 113 cm³/mol. The molecule has 2 aromatic carbocycles. The Balaban J connectivity index is 1.36. The molecular weight excluding hydrogens is 366 g/mol. The third-order valence-electron chi connectivity index (χ3n) is 5.57. The van der Waals surface area contributed by atoms with Crippen molar-refractivity contribution in [3.8, 4) is 5.75 Å². The van der Waals surface area contributed by atoms with Crippen molar-refractivity contribution >= 4 is 28.4 Å². The molecule has 2 heterocycles. The first-order chi connectivity index (χ1) is 14.1. The molecule has 6 heteroatoms. The summed E-state index contributed by atoms with van der Waals surface area (Å²) in [6, 6.07) is 13.7.